The molecule has 0 unspecified atom stereocenters. The van der Waals surface area contributed by atoms with Crippen molar-refractivity contribution >= 4 is 34.9 Å². The fraction of sp³-hybridized carbons (Fsp3) is 0.235. The summed E-state index contributed by atoms with van der Waals surface area (Å²) in [5.41, 5.74) is -0.579. The van der Waals surface area contributed by atoms with E-state index in [1.54, 1.807) is 13.0 Å². The van der Waals surface area contributed by atoms with Crippen LogP contribution < -0.4 is 5.32 Å². The molecule has 0 radical (unpaired) electrons. The summed E-state index contributed by atoms with van der Waals surface area (Å²) in [6.07, 6.45) is -4.47. The van der Waals surface area contributed by atoms with Crippen LogP contribution in [0, 0.1) is 6.92 Å². The van der Waals surface area contributed by atoms with Gasteiger partial charge in [-0.3, -0.25) is 4.79 Å². The lowest BCUT2D eigenvalue weighted by Crippen LogP contribution is -2.30. The standard InChI is InChI=1S/C17H13ClF3N5O3/c1-8-5-6-22-16-24-13(25-26(8)16)15(28)29-9(2)14(27)23-12-7-10(17(19,20)21)3-4-11(12)18/h3-7,9H,1-2H3,(H,23,27)/t9-/m0/s1. The molecule has 29 heavy (non-hydrogen) atoms. The van der Waals surface area contributed by atoms with E-state index in [9.17, 15) is 22.8 Å². The number of ether oxygens (including phenoxy) is 1. The number of nitrogens with zero attached hydrogens (tertiary/aromatic N) is 4. The van der Waals surface area contributed by atoms with Crippen molar-refractivity contribution in [1.82, 2.24) is 19.6 Å². The number of benzene rings is 1. The molecular formula is C17H13ClF3N5O3. The number of esters is 1. The second kappa shape index (κ2) is 7.66. The van der Waals surface area contributed by atoms with E-state index in [2.05, 4.69) is 20.4 Å². The average molecular weight is 428 g/mol. The number of nitrogens with one attached hydrogen (secondary N) is 1. The van der Waals surface area contributed by atoms with Crippen molar-refractivity contribution < 1.29 is 27.5 Å². The zero-order valence-corrected chi connectivity index (χ0v) is 15.7. The number of amides is 1. The van der Waals surface area contributed by atoms with Crippen LogP contribution in [-0.4, -0.2) is 37.6 Å². The van der Waals surface area contributed by atoms with Crippen LogP contribution in [0.5, 0.6) is 0 Å². The van der Waals surface area contributed by atoms with E-state index < -0.39 is 29.7 Å². The fourth-order valence-electron chi connectivity index (χ4n) is 2.29. The predicted molar refractivity (Wildman–Crippen MR) is 95.5 cm³/mol. The average Bonchev–Trinajstić information content (AvgIpc) is 3.08. The molecule has 2 heterocycles. The van der Waals surface area contributed by atoms with Crippen molar-refractivity contribution in [2.45, 2.75) is 26.1 Å². The van der Waals surface area contributed by atoms with Gasteiger partial charge >= 0.3 is 12.1 Å². The summed E-state index contributed by atoms with van der Waals surface area (Å²) in [6.45, 7) is 2.97. The van der Waals surface area contributed by atoms with Crippen LogP contribution in [0.2, 0.25) is 5.02 Å². The Kier molecular flexibility index (Phi) is 5.42. The van der Waals surface area contributed by atoms with Crippen LogP contribution in [0.15, 0.2) is 30.5 Å². The summed E-state index contributed by atoms with van der Waals surface area (Å²) in [7, 11) is 0. The summed E-state index contributed by atoms with van der Waals surface area (Å²) in [5.74, 6) is -2.02. The van der Waals surface area contributed by atoms with Crippen molar-refractivity contribution in [3.8, 4) is 0 Å². The van der Waals surface area contributed by atoms with Gasteiger partial charge in [0.05, 0.1) is 16.3 Å². The van der Waals surface area contributed by atoms with Crippen LogP contribution >= 0.6 is 11.6 Å². The minimum Gasteiger partial charge on any atom is -0.447 e. The van der Waals surface area contributed by atoms with Crippen LogP contribution in [0.4, 0.5) is 18.9 Å². The van der Waals surface area contributed by atoms with Gasteiger partial charge in [0, 0.05) is 11.9 Å². The van der Waals surface area contributed by atoms with Gasteiger partial charge in [-0.05, 0) is 38.1 Å². The normalized spacial score (nSPS) is 12.6. The van der Waals surface area contributed by atoms with Crippen molar-refractivity contribution in [3.05, 3.63) is 52.6 Å². The molecule has 0 aliphatic carbocycles. The van der Waals surface area contributed by atoms with Crippen LogP contribution in [0.1, 0.15) is 28.8 Å². The van der Waals surface area contributed by atoms with E-state index in [1.165, 1.54) is 17.6 Å². The Bertz CT molecular complexity index is 1100. The molecule has 3 rings (SSSR count). The molecule has 0 saturated carbocycles. The van der Waals surface area contributed by atoms with E-state index in [4.69, 9.17) is 16.3 Å². The number of anilines is 1. The molecule has 0 spiro atoms. The third-order valence-electron chi connectivity index (χ3n) is 3.82. The van der Waals surface area contributed by atoms with E-state index in [1.807, 2.05) is 0 Å². The molecule has 0 bridgehead atoms. The summed E-state index contributed by atoms with van der Waals surface area (Å²) in [5, 5.41) is 6.06. The molecular weight excluding hydrogens is 415 g/mol. The zero-order valence-electron chi connectivity index (χ0n) is 15.0. The third-order valence-corrected chi connectivity index (χ3v) is 4.15. The highest BCUT2D eigenvalue weighted by molar-refractivity contribution is 6.33. The predicted octanol–water partition coefficient (Wildman–Crippen LogP) is 3.29. The molecule has 2 aromatic heterocycles. The minimum atomic E-state index is -4.61. The van der Waals surface area contributed by atoms with Crippen LogP contribution in [0.3, 0.4) is 0 Å². The Morgan fingerprint density at radius 1 is 1.28 bits per heavy atom. The molecule has 8 nitrogen and oxygen atoms in total. The summed E-state index contributed by atoms with van der Waals surface area (Å²) >= 11 is 5.84. The highest BCUT2D eigenvalue weighted by Gasteiger charge is 2.31. The lowest BCUT2D eigenvalue weighted by molar-refractivity contribution is -0.137. The Hall–Kier alpha value is -3.21. The maximum atomic E-state index is 12.8. The number of carbonyl (C=O) groups excluding carboxylic acids is 2. The van der Waals surface area contributed by atoms with Gasteiger partial charge in [0.15, 0.2) is 6.10 Å². The fourth-order valence-corrected chi connectivity index (χ4v) is 2.46. The molecule has 0 saturated heterocycles. The third kappa shape index (κ3) is 4.45. The smallest absolute Gasteiger partial charge is 0.416 e. The molecule has 0 fully saturated rings. The number of alkyl halides is 3. The summed E-state index contributed by atoms with van der Waals surface area (Å²) in [4.78, 5) is 32.3. The first-order valence-corrected chi connectivity index (χ1v) is 8.51. The number of rotatable bonds is 4. The van der Waals surface area contributed by atoms with E-state index >= 15 is 0 Å². The Labute approximate surface area is 166 Å². The molecule has 1 N–H and O–H groups in total. The van der Waals surface area contributed by atoms with Crippen molar-refractivity contribution in [1.29, 1.82) is 0 Å². The number of hydrogen-bond donors (Lipinski definition) is 1. The van der Waals surface area contributed by atoms with Gasteiger partial charge in [0.1, 0.15) is 0 Å². The number of carbonyl (C=O) groups is 2. The first-order valence-electron chi connectivity index (χ1n) is 8.13. The molecule has 0 aliphatic heterocycles. The zero-order chi connectivity index (χ0) is 21.3. The summed E-state index contributed by atoms with van der Waals surface area (Å²) in [6, 6.07) is 4.14. The van der Waals surface area contributed by atoms with Gasteiger partial charge < -0.3 is 10.1 Å². The van der Waals surface area contributed by atoms with Crippen LogP contribution in [0.25, 0.3) is 5.78 Å². The molecule has 1 amide bonds. The largest absolute Gasteiger partial charge is 0.447 e. The van der Waals surface area contributed by atoms with Gasteiger partial charge in [-0.25, -0.2) is 14.3 Å². The molecule has 0 aliphatic rings. The van der Waals surface area contributed by atoms with Crippen LogP contribution in [-0.2, 0) is 15.7 Å². The molecule has 152 valence electrons. The van der Waals surface area contributed by atoms with Gasteiger partial charge in [0.25, 0.3) is 17.5 Å². The first-order chi connectivity index (χ1) is 13.6. The maximum absolute atomic E-state index is 12.8. The van der Waals surface area contributed by atoms with E-state index in [0.29, 0.717) is 11.8 Å². The van der Waals surface area contributed by atoms with Gasteiger partial charge in [-0.2, -0.15) is 18.2 Å². The lowest BCUT2D eigenvalue weighted by Gasteiger charge is -2.15. The number of aromatic nitrogens is 4. The highest BCUT2D eigenvalue weighted by Crippen LogP contribution is 2.33. The lowest BCUT2D eigenvalue weighted by atomic mass is 10.2. The maximum Gasteiger partial charge on any atom is 0.416 e. The minimum absolute atomic E-state index is 0.103. The Morgan fingerprint density at radius 2 is 2.00 bits per heavy atom. The number of fused-ring (bicyclic) bond motifs is 1. The van der Waals surface area contributed by atoms with Crippen molar-refractivity contribution in [2.75, 3.05) is 5.32 Å². The van der Waals surface area contributed by atoms with Crippen molar-refractivity contribution in [3.63, 3.8) is 0 Å². The Morgan fingerprint density at radius 3 is 2.66 bits per heavy atom. The number of halogens is 4. The van der Waals surface area contributed by atoms with E-state index in [0.717, 1.165) is 12.1 Å². The Balaban J connectivity index is 1.72. The molecule has 1 aromatic carbocycles. The topological polar surface area (TPSA) is 98.5 Å². The number of aryl methyl sites for hydroxylation is 1. The second-order valence-electron chi connectivity index (χ2n) is 5.96. The highest BCUT2D eigenvalue weighted by atomic mass is 35.5. The van der Waals surface area contributed by atoms with Gasteiger partial charge in [-0.15, -0.1) is 5.10 Å². The van der Waals surface area contributed by atoms with Gasteiger partial charge in [-0.1, -0.05) is 11.6 Å². The molecule has 12 heteroatoms. The quantitative estimate of drug-likeness (QED) is 0.641. The second-order valence-corrected chi connectivity index (χ2v) is 6.37. The van der Waals surface area contributed by atoms with Gasteiger partial charge in [0.2, 0.25) is 0 Å². The first kappa shape index (κ1) is 20.5. The number of hydrogen-bond acceptors (Lipinski definition) is 6. The molecule has 3 aromatic rings. The monoisotopic (exact) mass is 427 g/mol. The van der Waals surface area contributed by atoms with Crippen molar-refractivity contribution in [2.24, 2.45) is 0 Å². The summed E-state index contributed by atoms with van der Waals surface area (Å²) < 4.78 is 44.8. The van der Waals surface area contributed by atoms with E-state index in [-0.39, 0.29) is 22.3 Å². The molecule has 1 atom stereocenters. The SMILES string of the molecule is Cc1ccnc2nc(C(=O)O[C@@H](C)C(=O)Nc3cc(C(F)(F)F)ccc3Cl)nn12.